The van der Waals surface area contributed by atoms with E-state index in [4.69, 9.17) is 11.6 Å². The number of aromatic nitrogens is 2. The molecule has 0 N–H and O–H groups in total. The van der Waals surface area contributed by atoms with E-state index in [0.717, 1.165) is 11.4 Å². The number of carbonyl (C=O) groups is 1. The van der Waals surface area contributed by atoms with Gasteiger partial charge in [-0.05, 0) is 13.8 Å². The van der Waals surface area contributed by atoms with E-state index < -0.39 is 0 Å². The molecule has 1 heterocycles. The van der Waals surface area contributed by atoms with Crippen molar-refractivity contribution >= 4 is 23.3 Å². The summed E-state index contributed by atoms with van der Waals surface area (Å²) in [6.07, 6.45) is 0.714. The van der Waals surface area contributed by atoms with Crippen molar-refractivity contribution in [2.75, 3.05) is 32.1 Å². The van der Waals surface area contributed by atoms with E-state index in [1.54, 1.807) is 19.0 Å². The van der Waals surface area contributed by atoms with Crippen LogP contribution >= 0.6 is 11.6 Å². The molecule has 0 atom stereocenters. The van der Waals surface area contributed by atoms with Crippen LogP contribution in [0.25, 0.3) is 0 Å². The Labute approximate surface area is 119 Å². The van der Waals surface area contributed by atoms with Gasteiger partial charge in [0.25, 0.3) is 0 Å². The summed E-state index contributed by atoms with van der Waals surface area (Å²) < 4.78 is 0. The maximum atomic E-state index is 11.8. The minimum atomic E-state index is 0.0361. The van der Waals surface area contributed by atoms with Crippen LogP contribution in [0, 0.1) is 6.92 Å². The Hall–Kier alpha value is -1.36. The average molecular weight is 285 g/mol. The molecule has 0 aliphatic carbocycles. The summed E-state index contributed by atoms with van der Waals surface area (Å²) in [5.41, 5.74) is 0.812. The first-order valence-corrected chi connectivity index (χ1v) is 6.76. The summed E-state index contributed by atoms with van der Waals surface area (Å²) in [5, 5.41) is 0.456. The summed E-state index contributed by atoms with van der Waals surface area (Å²) in [4.78, 5) is 24.0. The molecule has 0 unspecified atom stereocenters. The predicted octanol–water partition coefficient (Wildman–Crippen LogP) is 1.92. The smallest absolute Gasteiger partial charge is 0.241 e. The van der Waals surface area contributed by atoms with Crippen molar-refractivity contribution in [2.45, 2.75) is 27.2 Å². The number of hydrogen-bond acceptors (Lipinski definition) is 4. The van der Waals surface area contributed by atoms with Crippen molar-refractivity contribution in [1.29, 1.82) is 0 Å². The molecule has 0 radical (unpaired) electrons. The number of likely N-dealkylation sites (N-methyl/N-ethyl adjacent to an activating group) is 2. The van der Waals surface area contributed by atoms with E-state index in [1.807, 2.05) is 25.7 Å². The normalized spacial score (nSPS) is 10.4. The second-order valence-corrected chi connectivity index (χ2v) is 4.89. The Balaban J connectivity index is 3.10. The van der Waals surface area contributed by atoms with E-state index >= 15 is 0 Å². The van der Waals surface area contributed by atoms with Gasteiger partial charge in [-0.15, -0.1) is 0 Å². The molecule has 0 aromatic carbocycles. The molecule has 1 aromatic heterocycles. The molecule has 0 fully saturated rings. The monoisotopic (exact) mass is 284 g/mol. The fourth-order valence-corrected chi connectivity index (χ4v) is 1.81. The second-order valence-electron chi connectivity index (χ2n) is 4.54. The third-order valence-corrected chi connectivity index (χ3v) is 3.30. The lowest BCUT2D eigenvalue weighted by molar-refractivity contribution is -0.127. The van der Waals surface area contributed by atoms with Gasteiger partial charge in [-0.25, -0.2) is 9.97 Å². The molecule has 1 amide bonds. The van der Waals surface area contributed by atoms with E-state index in [9.17, 15) is 4.79 Å². The lowest BCUT2D eigenvalue weighted by atomic mass is 10.3. The highest BCUT2D eigenvalue weighted by Gasteiger charge is 2.17. The number of amides is 1. The van der Waals surface area contributed by atoms with Gasteiger partial charge >= 0.3 is 0 Å². The molecule has 1 aromatic rings. The molecule has 0 aliphatic heterocycles. The third kappa shape index (κ3) is 3.80. The number of hydrogen-bond donors (Lipinski definition) is 0. The Bertz CT molecular complexity index is 462. The average Bonchev–Trinajstić information content (AvgIpc) is 2.38. The van der Waals surface area contributed by atoms with Crippen molar-refractivity contribution in [3.63, 3.8) is 0 Å². The van der Waals surface area contributed by atoms with Gasteiger partial charge in [0.1, 0.15) is 16.8 Å². The van der Waals surface area contributed by atoms with Gasteiger partial charge in [0.15, 0.2) is 0 Å². The van der Waals surface area contributed by atoms with Gasteiger partial charge in [0.2, 0.25) is 5.91 Å². The minimum absolute atomic E-state index is 0.0361. The molecule has 0 saturated carbocycles. The second kappa shape index (κ2) is 6.70. The third-order valence-electron chi connectivity index (χ3n) is 2.93. The van der Waals surface area contributed by atoms with Gasteiger partial charge in [-0.2, -0.15) is 0 Å². The Kier molecular flexibility index (Phi) is 5.54. The fourth-order valence-electron chi connectivity index (χ4n) is 1.63. The Morgan fingerprint density at radius 1 is 1.26 bits per heavy atom. The first-order valence-electron chi connectivity index (χ1n) is 6.38. The van der Waals surface area contributed by atoms with Crippen LogP contribution in [0.4, 0.5) is 5.82 Å². The quantitative estimate of drug-likeness (QED) is 0.775. The lowest BCUT2D eigenvalue weighted by Crippen LogP contribution is -2.37. The molecule has 5 nitrogen and oxygen atoms in total. The topological polar surface area (TPSA) is 49.3 Å². The molecule has 0 bridgehead atoms. The standard InChI is InChI=1S/C13H21ClN4O/c1-6-10-15-12(14)9(3)13(16-10)18(7-2)8-11(19)17(4)5/h6-8H2,1-5H3. The van der Waals surface area contributed by atoms with Crippen molar-refractivity contribution in [3.05, 3.63) is 16.5 Å². The molecule has 0 aliphatic rings. The number of carbonyl (C=O) groups excluding carboxylic acids is 1. The SMILES string of the molecule is CCc1nc(Cl)c(C)c(N(CC)CC(=O)N(C)C)n1. The van der Waals surface area contributed by atoms with Gasteiger partial charge in [-0.1, -0.05) is 18.5 Å². The van der Waals surface area contributed by atoms with E-state index in [0.29, 0.717) is 30.5 Å². The number of nitrogens with zero attached hydrogens (tertiary/aromatic N) is 4. The van der Waals surface area contributed by atoms with E-state index in [2.05, 4.69) is 9.97 Å². The molecule has 0 spiro atoms. The zero-order valence-electron chi connectivity index (χ0n) is 12.2. The van der Waals surface area contributed by atoms with Crippen LogP contribution in [0.15, 0.2) is 0 Å². The molecule has 6 heteroatoms. The predicted molar refractivity (Wildman–Crippen MR) is 77.7 cm³/mol. The van der Waals surface area contributed by atoms with Crippen molar-refractivity contribution < 1.29 is 4.79 Å². The highest BCUT2D eigenvalue weighted by molar-refractivity contribution is 6.30. The summed E-state index contributed by atoms with van der Waals surface area (Å²) in [6.45, 7) is 6.83. The zero-order valence-corrected chi connectivity index (χ0v) is 13.0. The molecular formula is C13H21ClN4O. The molecule has 1 rings (SSSR count). The first-order chi connectivity index (χ1) is 8.90. The number of anilines is 1. The van der Waals surface area contributed by atoms with Crippen LogP contribution in [0.2, 0.25) is 5.15 Å². The molecule has 0 saturated heterocycles. The highest BCUT2D eigenvalue weighted by Crippen LogP contribution is 2.23. The highest BCUT2D eigenvalue weighted by atomic mass is 35.5. The van der Waals surface area contributed by atoms with Gasteiger partial charge in [0, 0.05) is 32.6 Å². The maximum absolute atomic E-state index is 11.8. The van der Waals surface area contributed by atoms with E-state index in [1.165, 1.54) is 0 Å². The van der Waals surface area contributed by atoms with Gasteiger partial charge in [-0.3, -0.25) is 4.79 Å². The van der Waals surface area contributed by atoms with Crippen molar-refractivity contribution in [3.8, 4) is 0 Å². The largest absolute Gasteiger partial charge is 0.347 e. The fraction of sp³-hybridized carbons (Fsp3) is 0.615. The zero-order chi connectivity index (χ0) is 14.6. The van der Waals surface area contributed by atoms with Crippen molar-refractivity contribution in [1.82, 2.24) is 14.9 Å². The van der Waals surface area contributed by atoms with Crippen LogP contribution in [0.5, 0.6) is 0 Å². The summed E-state index contributed by atoms with van der Waals surface area (Å²) >= 11 is 6.12. The number of halogens is 1. The first kappa shape index (κ1) is 15.7. The van der Waals surface area contributed by atoms with Crippen LogP contribution in [0.3, 0.4) is 0 Å². The Morgan fingerprint density at radius 2 is 1.89 bits per heavy atom. The maximum Gasteiger partial charge on any atom is 0.241 e. The van der Waals surface area contributed by atoms with Crippen LogP contribution in [-0.4, -0.2) is 48.0 Å². The number of aryl methyl sites for hydroxylation is 1. The van der Waals surface area contributed by atoms with Crippen LogP contribution in [-0.2, 0) is 11.2 Å². The van der Waals surface area contributed by atoms with Gasteiger partial charge in [0.05, 0.1) is 6.54 Å². The van der Waals surface area contributed by atoms with Gasteiger partial charge < -0.3 is 9.80 Å². The minimum Gasteiger partial charge on any atom is -0.347 e. The van der Waals surface area contributed by atoms with Crippen molar-refractivity contribution in [2.24, 2.45) is 0 Å². The summed E-state index contributed by atoms with van der Waals surface area (Å²) in [5.74, 6) is 1.48. The number of rotatable bonds is 5. The summed E-state index contributed by atoms with van der Waals surface area (Å²) in [6, 6.07) is 0. The molecule has 19 heavy (non-hydrogen) atoms. The van der Waals surface area contributed by atoms with E-state index in [-0.39, 0.29) is 5.91 Å². The summed E-state index contributed by atoms with van der Waals surface area (Å²) in [7, 11) is 3.49. The van der Waals surface area contributed by atoms with Crippen LogP contribution in [0.1, 0.15) is 25.2 Å². The Morgan fingerprint density at radius 3 is 2.37 bits per heavy atom. The molecular weight excluding hydrogens is 264 g/mol. The lowest BCUT2D eigenvalue weighted by Gasteiger charge is -2.25. The molecule has 106 valence electrons. The van der Waals surface area contributed by atoms with Crippen LogP contribution < -0.4 is 4.90 Å².